The summed E-state index contributed by atoms with van der Waals surface area (Å²) in [5.41, 5.74) is 3.77. The van der Waals surface area contributed by atoms with E-state index in [1.807, 2.05) is 24.0 Å². The van der Waals surface area contributed by atoms with E-state index in [0.29, 0.717) is 18.7 Å². The first-order valence-electron chi connectivity index (χ1n) is 10.2. The number of likely N-dealkylation sites (N-methyl/N-ethyl adjacent to an activating group) is 1. The monoisotopic (exact) mass is 379 g/mol. The van der Waals surface area contributed by atoms with Crippen molar-refractivity contribution < 1.29 is 9.90 Å². The molecule has 1 amide bonds. The van der Waals surface area contributed by atoms with Crippen molar-refractivity contribution in [2.24, 2.45) is 0 Å². The van der Waals surface area contributed by atoms with E-state index in [-0.39, 0.29) is 17.4 Å². The van der Waals surface area contributed by atoms with Crippen LogP contribution in [0.5, 0.6) is 0 Å². The molecule has 1 aromatic heterocycles. The third-order valence-corrected chi connectivity index (χ3v) is 6.76. The number of carbonyl (C=O) groups is 1. The smallest absolute Gasteiger partial charge is 0.255 e. The van der Waals surface area contributed by atoms with Gasteiger partial charge in [-0.15, -0.1) is 0 Å². The molecule has 1 spiro atoms. The highest BCUT2D eigenvalue weighted by atomic mass is 16.3. The van der Waals surface area contributed by atoms with Crippen molar-refractivity contribution in [2.45, 2.75) is 44.2 Å². The molecule has 2 aromatic rings. The molecule has 1 aliphatic carbocycles. The number of piperidine rings is 1. The van der Waals surface area contributed by atoms with E-state index in [2.05, 4.69) is 48.1 Å². The van der Waals surface area contributed by atoms with Gasteiger partial charge in [0.15, 0.2) is 0 Å². The van der Waals surface area contributed by atoms with Gasteiger partial charge in [-0.3, -0.25) is 14.7 Å². The van der Waals surface area contributed by atoms with Gasteiger partial charge in [-0.1, -0.05) is 31.2 Å². The van der Waals surface area contributed by atoms with Crippen molar-refractivity contribution in [1.29, 1.82) is 0 Å². The second-order valence-corrected chi connectivity index (χ2v) is 8.19. The van der Waals surface area contributed by atoms with E-state index >= 15 is 0 Å². The predicted octanol–water partition coefficient (Wildman–Crippen LogP) is 2.93. The summed E-state index contributed by atoms with van der Waals surface area (Å²) in [4.78, 5) is 21.3. The molecular weight excluding hydrogens is 350 g/mol. The number of aliphatic hydroxyl groups excluding tert-OH is 1. The summed E-state index contributed by atoms with van der Waals surface area (Å²) >= 11 is 0. The number of carbonyl (C=O) groups excluding carboxylic acids is 1. The number of aryl methyl sites for hydroxylation is 1. The van der Waals surface area contributed by atoms with Crippen LogP contribution in [0.2, 0.25) is 0 Å². The summed E-state index contributed by atoms with van der Waals surface area (Å²) in [6.45, 7) is 6.23. The molecule has 0 bridgehead atoms. The molecule has 1 saturated heterocycles. The fraction of sp³-hybridized carbons (Fsp3) is 0.478. The number of aromatic nitrogens is 1. The molecule has 5 heteroatoms. The first-order chi connectivity index (χ1) is 13.5. The minimum Gasteiger partial charge on any atom is -0.390 e. The van der Waals surface area contributed by atoms with Gasteiger partial charge in [-0.2, -0.15) is 0 Å². The molecule has 1 fully saturated rings. The topological polar surface area (TPSA) is 56.7 Å². The van der Waals surface area contributed by atoms with Gasteiger partial charge in [0.2, 0.25) is 0 Å². The summed E-state index contributed by atoms with van der Waals surface area (Å²) in [6.07, 6.45) is 2.77. The molecule has 1 aromatic carbocycles. The van der Waals surface area contributed by atoms with Gasteiger partial charge >= 0.3 is 0 Å². The number of benzene rings is 1. The lowest BCUT2D eigenvalue weighted by Crippen LogP contribution is -2.50. The van der Waals surface area contributed by atoms with Crippen LogP contribution in [0.4, 0.5) is 0 Å². The van der Waals surface area contributed by atoms with Crippen molar-refractivity contribution >= 4 is 5.91 Å². The third kappa shape index (κ3) is 2.93. The van der Waals surface area contributed by atoms with Crippen LogP contribution in [0.3, 0.4) is 0 Å². The van der Waals surface area contributed by atoms with Crippen LogP contribution in [-0.4, -0.2) is 58.6 Å². The maximum Gasteiger partial charge on any atom is 0.255 e. The van der Waals surface area contributed by atoms with E-state index in [9.17, 15) is 9.90 Å². The Morgan fingerprint density at radius 2 is 1.96 bits per heavy atom. The molecule has 5 nitrogen and oxygen atoms in total. The summed E-state index contributed by atoms with van der Waals surface area (Å²) in [5.74, 6) is 0.0327. The maximum atomic E-state index is 12.9. The lowest BCUT2D eigenvalue weighted by Gasteiger charge is -2.43. The highest BCUT2D eigenvalue weighted by molar-refractivity contribution is 5.94. The Bertz CT molecular complexity index is 856. The van der Waals surface area contributed by atoms with Gasteiger partial charge in [0.1, 0.15) is 0 Å². The summed E-state index contributed by atoms with van der Waals surface area (Å²) in [6, 6.07) is 12.2. The van der Waals surface area contributed by atoms with E-state index in [1.54, 1.807) is 6.20 Å². The van der Waals surface area contributed by atoms with Crippen molar-refractivity contribution in [3.8, 4) is 0 Å². The number of amides is 1. The Morgan fingerprint density at radius 1 is 1.25 bits per heavy atom. The third-order valence-electron chi connectivity index (χ3n) is 6.76. The van der Waals surface area contributed by atoms with Crippen molar-refractivity contribution in [1.82, 2.24) is 14.8 Å². The lowest BCUT2D eigenvalue weighted by molar-refractivity contribution is -0.00593. The van der Waals surface area contributed by atoms with Crippen LogP contribution in [0.15, 0.2) is 42.6 Å². The number of likely N-dealkylation sites (tertiary alicyclic amines) is 1. The first kappa shape index (κ1) is 19.1. The number of hydrogen-bond donors (Lipinski definition) is 1. The van der Waals surface area contributed by atoms with Gasteiger partial charge in [0, 0.05) is 30.4 Å². The quantitative estimate of drug-likeness (QED) is 0.891. The zero-order valence-corrected chi connectivity index (χ0v) is 16.9. The van der Waals surface area contributed by atoms with Crippen LogP contribution in [0, 0.1) is 6.92 Å². The highest BCUT2D eigenvalue weighted by Gasteiger charge is 2.53. The van der Waals surface area contributed by atoms with Crippen LogP contribution in [-0.2, 0) is 5.41 Å². The van der Waals surface area contributed by atoms with E-state index < -0.39 is 6.10 Å². The zero-order valence-electron chi connectivity index (χ0n) is 16.9. The van der Waals surface area contributed by atoms with E-state index in [1.165, 1.54) is 11.1 Å². The lowest BCUT2D eigenvalue weighted by atomic mass is 9.72. The van der Waals surface area contributed by atoms with Crippen LogP contribution in [0.25, 0.3) is 0 Å². The average Bonchev–Trinajstić information content (AvgIpc) is 2.96. The average molecular weight is 380 g/mol. The predicted molar refractivity (Wildman–Crippen MR) is 109 cm³/mol. The number of fused-ring (bicyclic) bond motifs is 2. The molecule has 2 heterocycles. The van der Waals surface area contributed by atoms with Gasteiger partial charge in [0.25, 0.3) is 5.91 Å². The van der Waals surface area contributed by atoms with Crippen LogP contribution in [0.1, 0.15) is 53.0 Å². The van der Waals surface area contributed by atoms with Gasteiger partial charge in [0.05, 0.1) is 17.7 Å². The normalized spacial score (nSPS) is 23.2. The first-order valence-corrected chi connectivity index (χ1v) is 10.2. The molecule has 4 rings (SSSR count). The summed E-state index contributed by atoms with van der Waals surface area (Å²) in [5, 5.41) is 11.4. The fourth-order valence-corrected chi connectivity index (χ4v) is 4.97. The fourth-order valence-electron chi connectivity index (χ4n) is 4.97. The SMILES string of the molecule is CCN(C)[C@@H]1c2ccccc2C2(CCN(C(=O)c3ccc(C)nc3)CC2)[C@H]1O. The molecule has 2 aliphatic rings. The largest absolute Gasteiger partial charge is 0.390 e. The number of hydrogen-bond acceptors (Lipinski definition) is 4. The molecule has 28 heavy (non-hydrogen) atoms. The molecular formula is C23H29N3O2. The number of rotatable bonds is 3. The van der Waals surface area contributed by atoms with Gasteiger partial charge in [-0.05, 0) is 56.6 Å². The van der Waals surface area contributed by atoms with Crippen molar-refractivity contribution in [3.05, 3.63) is 65.0 Å². The molecule has 0 radical (unpaired) electrons. The molecule has 148 valence electrons. The van der Waals surface area contributed by atoms with Crippen molar-refractivity contribution in [3.63, 3.8) is 0 Å². The van der Waals surface area contributed by atoms with Crippen molar-refractivity contribution in [2.75, 3.05) is 26.7 Å². The van der Waals surface area contributed by atoms with E-state index in [4.69, 9.17) is 0 Å². The summed E-state index contributed by atoms with van der Waals surface area (Å²) < 4.78 is 0. The minimum atomic E-state index is -0.451. The minimum absolute atomic E-state index is 0.0183. The zero-order chi connectivity index (χ0) is 19.9. The molecule has 2 atom stereocenters. The van der Waals surface area contributed by atoms with E-state index in [0.717, 1.165) is 25.1 Å². The van der Waals surface area contributed by atoms with Gasteiger partial charge < -0.3 is 10.0 Å². The highest BCUT2D eigenvalue weighted by Crippen LogP contribution is 2.52. The second kappa shape index (κ2) is 7.30. The number of pyridine rings is 1. The molecule has 0 unspecified atom stereocenters. The van der Waals surface area contributed by atoms with Crippen LogP contribution >= 0.6 is 0 Å². The number of nitrogens with zero attached hydrogens (tertiary/aromatic N) is 3. The summed E-state index contributed by atoms with van der Waals surface area (Å²) in [7, 11) is 2.08. The standard InChI is InChI=1S/C23H29N3O2/c1-4-25(3)20-18-7-5-6-8-19(18)23(21(20)27)11-13-26(14-12-23)22(28)17-10-9-16(2)24-15-17/h5-10,15,20-21,27H,4,11-14H2,1-3H3/t20-,21+/m1/s1. The second-order valence-electron chi connectivity index (χ2n) is 8.19. The van der Waals surface area contributed by atoms with Gasteiger partial charge in [-0.25, -0.2) is 0 Å². The van der Waals surface area contributed by atoms with Crippen LogP contribution < -0.4 is 0 Å². The Morgan fingerprint density at radius 3 is 2.61 bits per heavy atom. The Kier molecular flexibility index (Phi) is 4.98. The Balaban J connectivity index is 1.58. The molecule has 0 saturated carbocycles. The molecule has 1 N–H and O–H groups in total. The molecule has 1 aliphatic heterocycles. The Hall–Kier alpha value is -2.24. The Labute approximate surface area is 167 Å². The maximum absolute atomic E-state index is 12.9. The number of aliphatic hydroxyl groups is 1.